The zero-order chi connectivity index (χ0) is 13.5. The Labute approximate surface area is 110 Å². The highest BCUT2D eigenvalue weighted by Gasteiger charge is 2.09. The molecule has 0 fully saturated rings. The molecule has 0 amide bonds. The zero-order valence-electron chi connectivity index (χ0n) is 12.0. The lowest BCUT2D eigenvalue weighted by Crippen LogP contribution is -2.26. The van der Waals surface area contributed by atoms with Crippen LogP contribution in [0, 0.1) is 0 Å². The standard InChI is InChI=1S/C14H25N3O/c1-5-16(6-2)9-8-14(18)11-13-7-10-17(15-13)12(3)4/h7,10,12H,5-6,8-9,11H2,1-4H3. The van der Waals surface area contributed by atoms with E-state index in [2.05, 4.69) is 37.7 Å². The maximum atomic E-state index is 11.9. The molecule has 1 aromatic heterocycles. The molecule has 0 unspecified atom stereocenters. The Kier molecular flexibility index (Phi) is 6.05. The van der Waals surface area contributed by atoms with Crippen molar-refractivity contribution in [3.63, 3.8) is 0 Å². The van der Waals surface area contributed by atoms with Gasteiger partial charge in [-0.15, -0.1) is 0 Å². The third-order valence-corrected chi connectivity index (χ3v) is 3.17. The van der Waals surface area contributed by atoms with Gasteiger partial charge in [-0.1, -0.05) is 13.8 Å². The van der Waals surface area contributed by atoms with Crippen molar-refractivity contribution in [1.82, 2.24) is 14.7 Å². The Morgan fingerprint density at radius 3 is 2.56 bits per heavy atom. The van der Waals surface area contributed by atoms with Crippen LogP contribution < -0.4 is 0 Å². The maximum absolute atomic E-state index is 11.9. The molecule has 1 rings (SSSR count). The van der Waals surface area contributed by atoms with Gasteiger partial charge < -0.3 is 4.90 Å². The van der Waals surface area contributed by atoms with E-state index in [-0.39, 0.29) is 5.78 Å². The zero-order valence-corrected chi connectivity index (χ0v) is 12.0. The minimum atomic E-state index is 0.274. The summed E-state index contributed by atoms with van der Waals surface area (Å²) in [6.07, 6.45) is 3.02. The fourth-order valence-electron chi connectivity index (χ4n) is 1.87. The first-order valence-corrected chi connectivity index (χ1v) is 6.84. The van der Waals surface area contributed by atoms with Gasteiger partial charge in [0, 0.05) is 25.2 Å². The fraction of sp³-hybridized carbons (Fsp3) is 0.714. The van der Waals surface area contributed by atoms with Crippen molar-refractivity contribution in [3.05, 3.63) is 18.0 Å². The summed E-state index contributed by atoms with van der Waals surface area (Å²) in [5, 5.41) is 4.40. The number of carbonyl (C=O) groups is 1. The Morgan fingerprint density at radius 1 is 1.39 bits per heavy atom. The Morgan fingerprint density at radius 2 is 2.06 bits per heavy atom. The van der Waals surface area contributed by atoms with Crippen LogP contribution in [-0.2, 0) is 11.2 Å². The molecule has 0 aromatic carbocycles. The molecule has 0 bridgehead atoms. The number of rotatable bonds is 8. The molecule has 0 aliphatic heterocycles. The van der Waals surface area contributed by atoms with Crippen LogP contribution in [0.25, 0.3) is 0 Å². The summed E-state index contributed by atoms with van der Waals surface area (Å²) in [6, 6.07) is 2.29. The van der Waals surface area contributed by atoms with Crippen molar-refractivity contribution in [2.75, 3.05) is 19.6 Å². The van der Waals surface area contributed by atoms with E-state index < -0.39 is 0 Å². The predicted octanol–water partition coefficient (Wildman–Crippen LogP) is 2.31. The van der Waals surface area contributed by atoms with Crippen LogP contribution in [0.5, 0.6) is 0 Å². The van der Waals surface area contributed by atoms with Crippen LogP contribution in [0.2, 0.25) is 0 Å². The second-order valence-corrected chi connectivity index (χ2v) is 4.87. The van der Waals surface area contributed by atoms with Crippen molar-refractivity contribution in [2.24, 2.45) is 0 Å². The lowest BCUT2D eigenvalue weighted by atomic mass is 10.1. The number of carbonyl (C=O) groups excluding carboxylic acids is 1. The molecule has 0 atom stereocenters. The monoisotopic (exact) mass is 251 g/mol. The van der Waals surface area contributed by atoms with E-state index in [0.29, 0.717) is 18.9 Å². The van der Waals surface area contributed by atoms with Gasteiger partial charge in [0.05, 0.1) is 12.1 Å². The number of hydrogen-bond acceptors (Lipinski definition) is 3. The molecule has 0 saturated carbocycles. The summed E-state index contributed by atoms with van der Waals surface area (Å²) in [4.78, 5) is 14.1. The van der Waals surface area contributed by atoms with E-state index in [0.717, 1.165) is 25.3 Å². The Hall–Kier alpha value is -1.16. The molecule has 0 saturated heterocycles. The van der Waals surface area contributed by atoms with E-state index in [4.69, 9.17) is 0 Å². The number of nitrogens with zero attached hydrogens (tertiary/aromatic N) is 3. The summed E-state index contributed by atoms with van der Waals surface area (Å²) < 4.78 is 1.90. The van der Waals surface area contributed by atoms with Gasteiger partial charge in [-0.05, 0) is 33.0 Å². The first-order valence-electron chi connectivity index (χ1n) is 6.84. The number of hydrogen-bond donors (Lipinski definition) is 0. The molecular formula is C14H25N3O. The molecule has 0 N–H and O–H groups in total. The number of aromatic nitrogens is 2. The van der Waals surface area contributed by atoms with Crippen molar-refractivity contribution < 1.29 is 4.79 Å². The van der Waals surface area contributed by atoms with Crippen molar-refractivity contribution >= 4 is 5.78 Å². The number of ketones is 1. The minimum Gasteiger partial charge on any atom is -0.303 e. The highest BCUT2D eigenvalue weighted by molar-refractivity contribution is 5.80. The third-order valence-electron chi connectivity index (χ3n) is 3.17. The van der Waals surface area contributed by atoms with Crippen LogP contribution in [0.3, 0.4) is 0 Å². The first kappa shape index (κ1) is 14.9. The average Bonchev–Trinajstić information content (AvgIpc) is 2.79. The highest BCUT2D eigenvalue weighted by atomic mass is 16.1. The number of Topliss-reactive ketones (excluding diaryl/α,β-unsaturated/α-hetero) is 1. The molecule has 0 radical (unpaired) electrons. The van der Waals surface area contributed by atoms with Gasteiger partial charge in [0.15, 0.2) is 0 Å². The third kappa shape index (κ3) is 4.61. The van der Waals surface area contributed by atoms with Gasteiger partial charge in [-0.3, -0.25) is 9.48 Å². The van der Waals surface area contributed by atoms with Gasteiger partial charge in [-0.2, -0.15) is 5.10 Å². The second kappa shape index (κ2) is 7.31. The normalized spacial score (nSPS) is 11.4. The molecule has 4 nitrogen and oxygen atoms in total. The van der Waals surface area contributed by atoms with Crippen molar-refractivity contribution in [1.29, 1.82) is 0 Å². The second-order valence-electron chi connectivity index (χ2n) is 4.87. The molecule has 4 heteroatoms. The van der Waals surface area contributed by atoms with Gasteiger partial charge in [0.2, 0.25) is 0 Å². The smallest absolute Gasteiger partial charge is 0.140 e. The molecule has 0 spiro atoms. The maximum Gasteiger partial charge on any atom is 0.140 e. The molecule has 1 aromatic rings. The van der Waals surface area contributed by atoms with Crippen LogP contribution in [0.15, 0.2) is 12.3 Å². The summed E-state index contributed by atoms with van der Waals surface area (Å²) in [5.74, 6) is 0.274. The molecule has 1 heterocycles. The molecule has 0 aliphatic rings. The highest BCUT2D eigenvalue weighted by Crippen LogP contribution is 2.06. The molecule has 0 aliphatic carbocycles. The van der Waals surface area contributed by atoms with Gasteiger partial charge in [0.25, 0.3) is 0 Å². The summed E-state index contributed by atoms with van der Waals surface area (Å²) in [6.45, 7) is 11.3. The van der Waals surface area contributed by atoms with Crippen LogP contribution in [0.1, 0.15) is 45.9 Å². The van der Waals surface area contributed by atoms with Gasteiger partial charge in [-0.25, -0.2) is 0 Å². The fourth-order valence-corrected chi connectivity index (χ4v) is 1.87. The van der Waals surface area contributed by atoms with Crippen LogP contribution in [0.4, 0.5) is 0 Å². The van der Waals surface area contributed by atoms with Gasteiger partial charge >= 0.3 is 0 Å². The van der Waals surface area contributed by atoms with Crippen molar-refractivity contribution in [3.8, 4) is 0 Å². The molecule has 102 valence electrons. The quantitative estimate of drug-likeness (QED) is 0.711. The van der Waals surface area contributed by atoms with E-state index in [1.807, 2.05) is 16.9 Å². The summed E-state index contributed by atoms with van der Waals surface area (Å²) in [5.41, 5.74) is 0.883. The van der Waals surface area contributed by atoms with E-state index in [1.54, 1.807) is 0 Å². The molecular weight excluding hydrogens is 226 g/mol. The average molecular weight is 251 g/mol. The summed E-state index contributed by atoms with van der Waals surface area (Å²) >= 11 is 0. The van der Waals surface area contributed by atoms with Crippen LogP contribution in [-0.4, -0.2) is 40.1 Å². The topological polar surface area (TPSA) is 38.1 Å². The van der Waals surface area contributed by atoms with E-state index >= 15 is 0 Å². The lowest BCUT2D eigenvalue weighted by Gasteiger charge is -2.16. The lowest BCUT2D eigenvalue weighted by molar-refractivity contribution is -0.118. The molecule has 18 heavy (non-hydrogen) atoms. The van der Waals surface area contributed by atoms with Crippen molar-refractivity contribution in [2.45, 2.75) is 46.6 Å². The van der Waals surface area contributed by atoms with E-state index in [9.17, 15) is 4.79 Å². The van der Waals surface area contributed by atoms with Crippen LogP contribution >= 0.6 is 0 Å². The first-order chi connectivity index (χ1) is 8.56. The minimum absolute atomic E-state index is 0.274. The van der Waals surface area contributed by atoms with E-state index in [1.165, 1.54) is 0 Å². The Bertz CT molecular complexity index is 367. The predicted molar refractivity (Wildman–Crippen MR) is 73.7 cm³/mol. The SMILES string of the molecule is CCN(CC)CCC(=O)Cc1ccn(C(C)C)n1. The van der Waals surface area contributed by atoms with Gasteiger partial charge in [0.1, 0.15) is 5.78 Å². The summed E-state index contributed by atoms with van der Waals surface area (Å²) in [7, 11) is 0. The largest absolute Gasteiger partial charge is 0.303 e. The Balaban J connectivity index is 2.39.